The van der Waals surface area contributed by atoms with Crippen LogP contribution in [0.5, 0.6) is 5.75 Å². The smallest absolute Gasteiger partial charge is 0.220 e. The molecule has 7 nitrogen and oxygen atoms in total. The Morgan fingerprint density at radius 3 is 2.81 bits per heavy atom. The van der Waals surface area contributed by atoms with Crippen LogP contribution in [0.4, 0.5) is 0 Å². The number of carbonyl (C=O) groups is 1. The van der Waals surface area contributed by atoms with Crippen molar-refractivity contribution in [2.75, 3.05) is 19.4 Å². The van der Waals surface area contributed by atoms with E-state index in [1.54, 1.807) is 11.8 Å². The molecule has 2 rings (SSSR count). The number of methoxy groups -OCH3 is 1. The van der Waals surface area contributed by atoms with Gasteiger partial charge in [-0.1, -0.05) is 11.8 Å². The number of hydrogen-bond acceptors (Lipinski definition) is 6. The molecule has 1 aromatic carbocycles. The normalized spacial score (nSPS) is 10.4. The third-order valence-corrected chi connectivity index (χ3v) is 3.61. The lowest BCUT2D eigenvalue weighted by Crippen LogP contribution is -2.22. The third kappa shape index (κ3) is 4.19. The van der Waals surface area contributed by atoms with Crippen LogP contribution in [-0.2, 0) is 4.79 Å². The van der Waals surface area contributed by atoms with Gasteiger partial charge in [-0.2, -0.15) is 4.68 Å². The van der Waals surface area contributed by atoms with E-state index < -0.39 is 0 Å². The fraction of sp³-hybridized carbons (Fsp3) is 0.385. The molecule has 1 amide bonds. The average Bonchev–Trinajstić information content (AvgIpc) is 2.96. The number of amides is 1. The molecule has 0 fully saturated rings. The van der Waals surface area contributed by atoms with E-state index >= 15 is 0 Å². The van der Waals surface area contributed by atoms with Crippen LogP contribution in [0.2, 0.25) is 0 Å². The van der Waals surface area contributed by atoms with Gasteiger partial charge in [0, 0.05) is 18.7 Å². The first kappa shape index (κ1) is 15.3. The predicted octanol–water partition coefficient (Wildman–Crippen LogP) is 1.29. The van der Waals surface area contributed by atoms with Crippen LogP contribution >= 0.6 is 11.8 Å². The lowest BCUT2D eigenvalue weighted by atomic mass is 10.3. The zero-order chi connectivity index (χ0) is 15.1. The molecule has 1 heterocycles. The monoisotopic (exact) mass is 307 g/mol. The highest BCUT2D eigenvalue weighted by Gasteiger charge is 2.10. The Balaban J connectivity index is 1.99. The first-order valence-electron chi connectivity index (χ1n) is 6.57. The van der Waals surface area contributed by atoms with Crippen LogP contribution in [0.3, 0.4) is 0 Å². The summed E-state index contributed by atoms with van der Waals surface area (Å²) in [7, 11) is 1.62. The Bertz CT molecular complexity index is 585. The summed E-state index contributed by atoms with van der Waals surface area (Å²) in [4.78, 5) is 11.4. The van der Waals surface area contributed by atoms with Crippen LogP contribution in [0, 0.1) is 0 Å². The second-order valence-corrected chi connectivity index (χ2v) is 5.19. The maximum atomic E-state index is 11.4. The van der Waals surface area contributed by atoms with Crippen molar-refractivity contribution in [3.8, 4) is 11.4 Å². The molecule has 0 aliphatic heterocycles. The Hall–Kier alpha value is -2.09. The van der Waals surface area contributed by atoms with Gasteiger partial charge in [0.2, 0.25) is 11.1 Å². The van der Waals surface area contributed by atoms with Gasteiger partial charge >= 0.3 is 0 Å². The maximum Gasteiger partial charge on any atom is 0.220 e. The molecule has 1 N–H and O–H groups in total. The fourth-order valence-corrected chi connectivity index (χ4v) is 2.50. The van der Waals surface area contributed by atoms with Crippen molar-refractivity contribution in [2.45, 2.75) is 18.5 Å². The number of aromatic nitrogens is 4. The number of rotatable bonds is 7. The largest absolute Gasteiger partial charge is 0.497 e. The van der Waals surface area contributed by atoms with Crippen molar-refractivity contribution >= 4 is 17.7 Å². The van der Waals surface area contributed by atoms with Crippen LogP contribution < -0.4 is 10.1 Å². The van der Waals surface area contributed by atoms with Crippen LogP contribution in [0.15, 0.2) is 29.4 Å². The third-order valence-electron chi connectivity index (χ3n) is 2.69. The number of ether oxygens (including phenoxy) is 1. The van der Waals surface area contributed by atoms with Gasteiger partial charge in [-0.15, -0.1) is 5.10 Å². The minimum Gasteiger partial charge on any atom is -0.497 e. The molecule has 21 heavy (non-hydrogen) atoms. The Morgan fingerprint density at radius 2 is 2.14 bits per heavy atom. The molecule has 0 saturated carbocycles. The van der Waals surface area contributed by atoms with Crippen molar-refractivity contribution < 1.29 is 9.53 Å². The molecule has 0 bridgehead atoms. The molecule has 0 atom stereocenters. The molecule has 0 aliphatic carbocycles. The van der Waals surface area contributed by atoms with E-state index in [1.165, 1.54) is 11.8 Å². The molecule has 0 spiro atoms. The first-order valence-corrected chi connectivity index (χ1v) is 7.55. The molecular weight excluding hydrogens is 290 g/mol. The average molecular weight is 307 g/mol. The molecule has 1 aromatic heterocycles. The SMILES string of the molecule is CCNC(=O)CCSc1nnnn1-c1ccc(OC)cc1. The standard InChI is InChI=1S/C13H17N5O2S/c1-3-14-12(19)8-9-21-13-15-16-17-18(13)10-4-6-11(20-2)7-5-10/h4-7H,3,8-9H2,1-2H3,(H,14,19). The minimum absolute atomic E-state index is 0.0356. The fourth-order valence-electron chi connectivity index (χ4n) is 1.67. The molecular formula is C13H17N5O2S. The van der Waals surface area contributed by atoms with Gasteiger partial charge in [0.15, 0.2) is 0 Å². The van der Waals surface area contributed by atoms with Crippen LogP contribution in [0.1, 0.15) is 13.3 Å². The lowest BCUT2D eigenvalue weighted by Gasteiger charge is -2.05. The number of nitrogens with one attached hydrogen (secondary N) is 1. The highest BCUT2D eigenvalue weighted by atomic mass is 32.2. The Morgan fingerprint density at radius 1 is 1.38 bits per heavy atom. The Labute approximate surface area is 127 Å². The van der Waals surface area contributed by atoms with Crippen molar-refractivity contribution in [3.05, 3.63) is 24.3 Å². The lowest BCUT2D eigenvalue weighted by molar-refractivity contribution is -0.120. The predicted molar refractivity (Wildman–Crippen MR) is 79.7 cm³/mol. The number of benzene rings is 1. The van der Waals surface area contributed by atoms with Gasteiger partial charge < -0.3 is 10.1 Å². The molecule has 112 valence electrons. The van der Waals surface area contributed by atoms with E-state index in [4.69, 9.17) is 4.74 Å². The summed E-state index contributed by atoms with van der Waals surface area (Å²) < 4.78 is 6.76. The summed E-state index contributed by atoms with van der Waals surface area (Å²) in [6.45, 7) is 2.54. The second-order valence-electron chi connectivity index (χ2n) is 4.12. The summed E-state index contributed by atoms with van der Waals surface area (Å²) >= 11 is 1.45. The van der Waals surface area contributed by atoms with Crippen LogP contribution in [0.25, 0.3) is 5.69 Å². The quantitative estimate of drug-likeness (QED) is 0.776. The molecule has 0 unspecified atom stereocenters. The highest BCUT2D eigenvalue weighted by Crippen LogP contribution is 2.20. The van der Waals surface area contributed by atoms with Crippen molar-refractivity contribution in [1.82, 2.24) is 25.5 Å². The first-order chi connectivity index (χ1) is 10.2. The number of tetrazole rings is 1. The Kier molecular flexibility index (Phi) is 5.56. The van der Waals surface area contributed by atoms with E-state index in [0.717, 1.165) is 11.4 Å². The molecule has 0 radical (unpaired) electrons. The van der Waals surface area contributed by atoms with E-state index in [9.17, 15) is 4.79 Å². The van der Waals surface area contributed by atoms with Gasteiger partial charge in [0.05, 0.1) is 12.8 Å². The van der Waals surface area contributed by atoms with Gasteiger partial charge in [-0.05, 0) is 41.6 Å². The molecule has 0 saturated heterocycles. The highest BCUT2D eigenvalue weighted by molar-refractivity contribution is 7.99. The zero-order valence-electron chi connectivity index (χ0n) is 11.9. The summed E-state index contributed by atoms with van der Waals surface area (Å²) in [5.41, 5.74) is 0.848. The van der Waals surface area contributed by atoms with Gasteiger partial charge in [0.25, 0.3) is 0 Å². The number of hydrogen-bond donors (Lipinski definition) is 1. The van der Waals surface area contributed by atoms with E-state index in [0.29, 0.717) is 23.9 Å². The number of carbonyl (C=O) groups excluding carboxylic acids is 1. The molecule has 8 heteroatoms. The summed E-state index contributed by atoms with van der Waals surface area (Å²) in [5, 5.41) is 15.1. The molecule has 2 aromatic rings. The minimum atomic E-state index is 0.0356. The molecule has 0 aliphatic rings. The van der Waals surface area contributed by atoms with Crippen molar-refractivity contribution in [3.63, 3.8) is 0 Å². The zero-order valence-corrected chi connectivity index (χ0v) is 12.8. The van der Waals surface area contributed by atoms with Crippen molar-refractivity contribution in [1.29, 1.82) is 0 Å². The summed E-state index contributed by atoms with van der Waals surface area (Å²) in [6, 6.07) is 7.45. The van der Waals surface area contributed by atoms with Crippen LogP contribution in [-0.4, -0.2) is 45.5 Å². The van der Waals surface area contributed by atoms with Gasteiger partial charge in [0.1, 0.15) is 5.75 Å². The van der Waals surface area contributed by atoms with E-state index in [-0.39, 0.29) is 5.91 Å². The maximum absolute atomic E-state index is 11.4. The van der Waals surface area contributed by atoms with E-state index in [1.807, 2.05) is 31.2 Å². The topological polar surface area (TPSA) is 81.9 Å². The second kappa shape index (κ2) is 7.63. The van der Waals surface area contributed by atoms with Crippen molar-refractivity contribution in [2.24, 2.45) is 0 Å². The number of nitrogens with zero attached hydrogens (tertiary/aromatic N) is 4. The summed E-state index contributed by atoms with van der Waals surface area (Å²) in [5.74, 6) is 1.44. The van der Waals surface area contributed by atoms with Gasteiger partial charge in [-0.3, -0.25) is 4.79 Å². The number of thioether (sulfide) groups is 1. The summed E-state index contributed by atoms with van der Waals surface area (Å²) in [6.07, 6.45) is 0.438. The van der Waals surface area contributed by atoms with E-state index in [2.05, 4.69) is 20.8 Å². The van der Waals surface area contributed by atoms with Gasteiger partial charge in [-0.25, -0.2) is 0 Å².